The van der Waals surface area contributed by atoms with Gasteiger partial charge >= 0.3 is 0 Å². The fourth-order valence-electron chi connectivity index (χ4n) is 2.96. The van der Waals surface area contributed by atoms with Crippen molar-refractivity contribution in [2.24, 2.45) is 0 Å². The number of nitrogens with zero attached hydrogens (tertiary/aromatic N) is 2. The number of hydrogen-bond acceptors (Lipinski definition) is 3. The summed E-state index contributed by atoms with van der Waals surface area (Å²) in [4.78, 5) is 28.7. The van der Waals surface area contributed by atoms with Crippen molar-refractivity contribution in [1.29, 1.82) is 0 Å². The molecule has 0 spiro atoms. The summed E-state index contributed by atoms with van der Waals surface area (Å²) >= 11 is 6.11. The van der Waals surface area contributed by atoms with Crippen LogP contribution in [0.1, 0.15) is 27.6 Å². The molecule has 1 aliphatic rings. The minimum absolute atomic E-state index is 0.0297. The molecule has 0 aliphatic carbocycles. The van der Waals surface area contributed by atoms with Gasteiger partial charge in [-0.2, -0.15) is 0 Å². The summed E-state index contributed by atoms with van der Waals surface area (Å²) in [5.41, 5.74) is 1.12. The smallest absolute Gasteiger partial charge is 0.255 e. The molecular formula is C20H21ClN2O3. The molecule has 136 valence electrons. The quantitative estimate of drug-likeness (QED) is 0.827. The predicted octanol–water partition coefficient (Wildman–Crippen LogP) is 3.34. The van der Waals surface area contributed by atoms with Gasteiger partial charge in [-0.15, -0.1) is 0 Å². The van der Waals surface area contributed by atoms with Crippen molar-refractivity contribution in [3.63, 3.8) is 0 Å². The second-order valence-corrected chi connectivity index (χ2v) is 6.43. The lowest BCUT2D eigenvalue weighted by Gasteiger charge is -2.35. The Morgan fingerprint density at radius 2 is 1.50 bits per heavy atom. The predicted molar refractivity (Wildman–Crippen MR) is 101 cm³/mol. The van der Waals surface area contributed by atoms with E-state index in [2.05, 4.69) is 0 Å². The summed E-state index contributed by atoms with van der Waals surface area (Å²) in [6, 6.07) is 14.2. The molecule has 3 rings (SSSR count). The highest BCUT2D eigenvalue weighted by Crippen LogP contribution is 2.19. The highest BCUT2D eigenvalue weighted by molar-refractivity contribution is 6.33. The zero-order valence-corrected chi connectivity index (χ0v) is 15.4. The average Bonchev–Trinajstić information content (AvgIpc) is 2.68. The summed E-state index contributed by atoms with van der Waals surface area (Å²) < 4.78 is 5.40. The van der Waals surface area contributed by atoms with E-state index in [1.807, 2.05) is 6.92 Å². The third-order valence-electron chi connectivity index (χ3n) is 4.37. The van der Waals surface area contributed by atoms with E-state index in [0.717, 1.165) is 5.75 Å². The molecule has 2 aromatic carbocycles. The zero-order chi connectivity index (χ0) is 18.5. The van der Waals surface area contributed by atoms with Gasteiger partial charge in [-0.25, -0.2) is 0 Å². The largest absolute Gasteiger partial charge is 0.494 e. The number of ether oxygens (including phenoxy) is 1. The molecule has 1 aliphatic heterocycles. The lowest BCUT2D eigenvalue weighted by Crippen LogP contribution is -2.50. The van der Waals surface area contributed by atoms with Crippen molar-refractivity contribution in [2.75, 3.05) is 32.8 Å². The minimum atomic E-state index is -0.0937. The van der Waals surface area contributed by atoms with Crippen molar-refractivity contribution < 1.29 is 14.3 Å². The Hall–Kier alpha value is -2.53. The van der Waals surface area contributed by atoms with Gasteiger partial charge in [0.1, 0.15) is 5.75 Å². The van der Waals surface area contributed by atoms with Crippen molar-refractivity contribution in [3.8, 4) is 5.75 Å². The summed E-state index contributed by atoms with van der Waals surface area (Å²) in [7, 11) is 0. The molecule has 1 fully saturated rings. The first-order chi connectivity index (χ1) is 12.6. The molecule has 0 bridgehead atoms. The number of carbonyl (C=O) groups excluding carboxylic acids is 2. The van der Waals surface area contributed by atoms with Crippen LogP contribution in [0.3, 0.4) is 0 Å². The van der Waals surface area contributed by atoms with Gasteiger partial charge in [-0.3, -0.25) is 9.59 Å². The Kier molecular flexibility index (Phi) is 5.78. The molecule has 0 N–H and O–H groups in total. The molecular weight excluding hydrogens is 352 g/mol. The number of piperazine rings is 1. The third-order valence-corrected chi connectivity index (χ3v) is 4.70. The number of benzene rings is 2. The Labute approximate surface area is 158 Å². The highest BCUT2D eigenvalue weighted by atomic mass is 35.5. The van der Waals surface area contributed by atoms with Crippen LogP contribution in [-0.2, 0) is 0 Å². The van der Waals surface area contributed by atoms with Crippen LogP contribution in [0.2, 0.25) is 5.02 Å². The van der Waals surface area contributed by atoms with Crippen LogP contribution in [-0.4, -0.2) is 54.4 Å². The van der Waals surface area contributed by atoms with Crippen LogP contribution in [0.4, 0.5) is 0 Å². The van der Waals surface area contributed by atoms with E-state index in [4.69, 9.17) is 16.3 Å². The SMILES string of the molecule is CCOc1ccc(C(=O)N2CCN(C(=O)c3ccccc3Cl)CC2)cc1. The molecule has 1 saturated heterocycles. The molecule has 0 radical (unpaired) electrons. The maximum Gasteiger partial charge on any atom is 0.255 e. The van der Waals surface area contributed by atoms with Gasteiger partial charge in [0, 0.05) is 31.7 Å². The lowest BCUT2D eigenvalue weighted by atomic mass is 10.1. The molecule has 0 unspecified atom stereocenters. The van der Waals surface area contributed by atoms with Crippen molar-refractivity contribution in [1.82, 2.24) is 9.80 Å². The van der Waals surface area contributed by atoms with Crippen molar-refractivity contribution in [3.05, 3.63) is 64.7 Å². The summed E-state index contributed by atoms with van der Waals surface area (Å²) in [6.45, 7) is 4.50. The maximum atomic E-state index is 12.6. The minimum Gasteiger partial charge on any atom is -0.494 e. The Bertz CT molecular complexity index is 784. The molecule has 26 heavy (non-hydrogen) atoms. The van der Waals surface area contributed by atoms with Crippen LogP contribution in [0.5, 0.6) is 5.75 Å². The van der Waals surface area contributed by atoms with E-state index in [-0.39, 0.29) is 11.8 Å². The second-order valence-electron chi connectivity index (χ2n) is 6.02. The van der Waals surface area contributed by atoms with Crippen LogP contribution >= 0.6 is 11.6 Å². The molecule has 2 aromatic rings. The topological polar surface area (TPSA) is 49.9 Å². The van der Waals surface area contributed by atoms with E-state index < -0.39 is 0 Å². The first-order valence-corrected chi connectivity index (χ1v) is 9.04. The van der Waals surface area contributed by atoms with Crippen LogP contribution in [0, 0.1) is 0 Å². The van der Waals surface area contributed by atoms with Crippen molar-refractivity contribution in [2.45, 2.75) is 6.92 Å². The van der Waals surface area contributed by atoms with Crippen molar-refractivity contribution >= 4 is 23.4 Å². The number of carbonyl (C=O) groups is 2. The summed E-state index contributed by atoms with van der Waals surface area (Å²) in [6.07, 6.45) is 0. The first kappa shape index (κ1) is 18.3. The highest BCUT2D eigenvalue weighted by Gasteiger charge is 2.26. The molecule has 0 atom stereocenters. The Balaban J connectivity index is 1.60. The van der Waals surface area contributed by atoms with Crippen LogP contribution < -0.4 is 4.74 Å². The summed E-state index contributed by atoms with van der Waals surface area (Å²) in [5.74, 6) is 0.626. The Morgan fingerprint density at radius 1 is 0.923 bits per heavy atom. The van der Waals surface area contributed by atoms with E-state index in [9.17, 15) is 9.59 Å². The number of hydrogen-bond donors (Lipinski definition) is 0. The standard InChI is InChI=1S/C20H21ClN2O3/c1-2-26-16-9-7-15(8-10-16)19(24)22-11-13-23(14-12-22)20(25)17-5-3-4-6-18(17)21/h3-10H,2,11-14H2,1H3. The fraction of sp³-hybridized carbons (Fsp3) is 0.300. The van der Waals surface area contributed by atoms with E-state index in [1.54, 1.807) is 58.3 Å². The molecule has 5 nitrogen and oxygen atoms in total. The van der Waals surface area contributed by atoms with Gasteiger partial charge in [0.2, 0.25) is 0 Å². The van der Waals surface area contributed by atoms with Crippen LogP contribution in [0.25, 0.3) is 0 Å². The van der Waals surface area contributed by atoms with Gasteiger partial charge in [0.15, 0.2) is 0 Å². The van der Waals surface area contributed by atoms with Crippen LogP contribution in [0.15, 0.2) is 48.5 Å². The number of amides is 2. The van der Waals surface area contributed by atoms with Gasteiger partial charge in [0.05, 0.1) is 17.2 Å². The van der Waals surface area contributed by atoms with Gasteiger partial charge < -0.3 is 14.5 Å². The zero-order valence-electron chi connectivity index (χ0n) is 14.7. The monoisotopic (exact) mass is 372 g/mol. The first-order valence-electron chi connectivity index (χ1n) is 8.66. The molecule has 1 heterocycles. The van der Waals surface area contributed by atoms with Gasteiger partial charge in [-0.05, 0) is 43.3 Å². The normalized spacial score (nSPS) is 14.2. The third kappa shape index (κ3) is 3.99. The van der Waals surface area contributed by atoms with E-state index >= 15 is 0 Å². The van der Waals surface area contributed by atoms with E-state index in [0.29, 0.717) is 48.9 Å². The van der Waals surface area contributed by atoms with Gasteiger partial charge in [-0.1, -0.05) is 23.7 Å². The molecule has 6 heteroatoms. The summed E-state index contributed by atoms with van der Waals surface area (Å²) in [5, 5.41) is 0.449. The lowest BCUT2D eigenvalue weighted by molar-refractivity contribution is 0.0535. The maximum absolute atomic E-state index is 12.6. The molecule has 0 saturated carbocycles. The molecule has 2 amide bonds. The van der Waals surface area contributed by atoms with Gasteiger partial charge in [0.25, 0.3) is 11.8 Å². The fourth-order valence-corrected chi connectivity index (χ4v) is 3.18. The average molecular weight is 373 g/mol. The van der Waals surface area contributed by atoms with E-state index in [1.165, 1.54) is 0 Å². The number of rotatable bonds is 4. The molecule has 0 aromatic heterocycles. The Morgan fingerprint density at radius 3 is 2.08 bits per heavy atom. The second kappa shape index (κ2) is 8.23. The number of halogens is 1.